The Hall–Kier alpha value is -1.42. The SMILES string of the molecule is CNC1CCN(c2ccc(C)cc2F)C1=O. The van der Waals surface area contributed by atoms with Crippen LogP contribution in [0.3, 0.4) is 0 Å². The Morgan fingerprint density at radius 3 is 2.81 bits per heavy atom. The van der Waals surface area contributed by atoms with Gasteiger partial charge in [0.1, 0.15) is 5.82 Å². The topological polar surface area (TPSA) is 32.3 Å². The second-order valence-corrected chi connectivity index (χ2v) is 4.07. The fraction of sp³-hybridized carbons (Fsp3) is 0.417. The van der Waals surface area contributed by atoms with Crippen LogP contribution in [0.2, 0.25) is 0 Å². The number of anilines is 1. The zero-order valence-electron chi connectivity index (χ0n) is 9.46. The summed E-state index contributed by atoms with van der Waals surface area (Å²) in [4.78, 5) is 13.4. The Balaban J connectivity index is 2.29. The number of carbonyl (C=O) groups is 1. The molecule has 1 N–H and O–H groups in total. The average Bonchev–Trinajstić information content (AvgIpc) is 2.60. The molecule has 1 fully saturated rings. The summed E-state index contributed by atoms with van der Waals surface area (Å²) in [5, 5.41) is 2.93. The molecule has 0 bridgehead atoms. The highest BCUT2D eigenvalue weighted by molar-refractivity contribution is 5.99. The van der Waals surface area contributed by atoms with Crippen LogP contribution in [-0.4, -0.2) is 25.5 Å². The Morgan fingerprint density at radius 1 is 1.50 bits per heavy atom. The van der Waals surface area contributed by atoms with Crippen LogP contribution in [0.5, 0.6) is 0 Å². The lowest BCUT2D eigenvalue weighted by molar-refractivity contribution is -0.118. The number of nitrogens with zero attached hydrogens (tertiary/aromatic N) is 1. The van der Waals surface area contributed by atoms with Crippen molar-refractivity contribution >= 4 is 11.6 Å². The first kappa shape index (κ1) is 11.1. The summed E-state index contributed by atoms with van der Waals surface area (Å²) >= 11 is 0. The van der Waals surface area contributed by atoms with Crippen molar-refractivity contribution in [3.8, 4) is 0 Å². The predicted molar refractivity (Wildman–Crippen MR) is 61.0 cm³/mol. The third-order valence-electron chi connectivity index (χ3n) is 2.95. The molecule has 2 rings (SSSR count). The van der Waals surface area contributed by atoms with Crippen molar-refractivity contribution in [2.24, 2.45) is 0 Å². The molecule has 16 heavy (non-hydrogen) atoms. The van der Waals surface area contributed by atoms with E-state index < -0.39 is 0 Å². The number of halogens is 1. The summed E-state index contributed by atoms with van der Waals surface area (Å²) < 4.78 is 13.7. The van der Waals surface area contributed by atoms with E-state index in [1.54, 1.807) is 13.1 Å². The van der Waals surface area contributed by atoms with Crippen molar-refractivity contribution in [1.82, 2.24) is 5.32 Å². The lowest BCUT2D eigenvalue weighted by atomic mass is 10.2. The third kappa shape index (κ3) is 1.80. The number of benzene rings is 1. The lowest BCUT2D eigenvalue weighted by Gasteiger charge is -2.17. The van der Waals surface area contributed by atoms with Crippen molar-refractivity contribution in [1.29, 1.82) is 0 Å². The highest BCUT2D eigenvalue weighted by atomic mass is 19.1. The van der Waals surface area contributed by atoms with E-state index in [-0.39, 0.29) is 17.8 Å². The van der Waals surface area contributed by atoms with E-state index in [0.29, 0.717) is 12.2 Å². The van der Waals surface area contributed by atoms with Crippen molar-refractivity contribution in [3.05, 3.63) is 29.6 Å². The maximum Gasteiger partial charge on any atom is 0.244 e. The van der Waals surface area contributed by atoms with E-state index in [0.717, 1.165) is 12.0 Å². The van der Waals surface area contributed by atoms with Crippen molar-refractivity contribution < 1.29 is 9.18 Å². The van der Waals surface area contributed by atoms with Crippen LogP contribution in [0.25, 0.3) is 0 Å². The van der Waals surface area contributed by atoms with Crippen molar-refractivity contribution in [2.45, 2.75) is 19.4 Å². The second kappa shape index (κ2) is 4.22. The number of nitrogens with one attached hydrogen (secondary N) is 1. The molecule has 0 spiro atoms. The maximum absolute atomic E-state index is 13.7. The molecule has 1 aliphatic rings. The summed E-state index contributed by atoms with van der Waals surface area (Å²) in [5.41, 5.74) is 1.24. The summed E-state index contributed by atoms with van der Waals surface area (Å²) in [5.74, 6) is -0.379. The van der Waals surface area contributed by atoms with Gasteiger partial charge in [0.15, 0.2) is 0 Å². The van der Waals surface area contributed by atoms with Gasteiger partial charge in [-0.1, -0.05) is 6.07 Å². The minimum absolute atomic E-state index is 0.0507. The molecule has 1 amide bonds. The molecule has 1 unspecified atom stereocenters. The van der Waals surface area contributed by atoms with E-state index in [9.17, 15) is 9.18 Å². The van der Waals surface area contributed by atoms with Gasteiger partial charge in [-0.05, 0) is 38.1 Å². The molecule has 86 valence electrons. The van der Waals surface area contributed by atoms with Gasteiger partial charge in [0.05, 0.1) is 11.7 Å². The first-order valence-corrected chi connectivity index (χ1v) is 5.38. The summed E-state index contributed by atoms with van der Waals surface area (Å²) in [6, 6.07) is 4.76. The maximum atomic E-state index is 13.7. The average molecular weight is 222 g/mol. The largest absolute Gasteiger partial charge is 0.309 e. The van der Waals surface area contributed by atoms with Crippen LogP contribution >= 0.6 is 0 Å². The van der Waals surface area contributed by atoms with Gasteiger partial charge in [-0.2, -0.15) is 0 Å². The minimum atomic E-state index is -0.329. The van der Waals surface area contributed by atoms with Gasteiger partial charge in [-0.25, -0.2) is 4.39 Å². The van der Waals surface area contributed by atoms with Crippen LogP contribution in [0.4, 0.5) is 10.1 Å². The number of carbonyl (C=O) groups excluding carboxylic acids is 1. The number of hydrogen-bond donors (Lipinski definition) is 1. The van der Waals surface area contributed by atoms with Gasteiger partial charge in [0.25, 0.3) is 0 Å². The minimum Gasteiger partial charge on any atom is -0.309 e. The lowest BCUT2D eigenvalue weighted by Crippen LogP contribution is -2.36. The number of aryl methyl sites for hydroxylation is 1. The Bertz CT molecular complexity index is 419. The van der Waals surface area contributed by atoms with E-state index in [1.807, 2.05) is 13.0 Å². The first-order valence-electron chi connectivity index (χ1n) is 5.38. The van der Waals surface area contributed by atoms with Crippen LogP contribution in [0.15, 0.2) is 18.2 Å². The molecule has 1 aromatic rings. The van der Waals surface area contributed by atoms with Crippen LogP contribution in [0, 0.1) is 12.7 Å². The molecule has 0 radical (unpaired) electrons. The number of likely N-dealkylation sites (N-methyl/N-ethyl adjacent to an activating group) is 1. The molecule has 1 aromatic carbocycles. The van der Waals surface area contributed by atoms with Gasteiger partial charge in [0, 0.05) is 6.54 Å². The Kier molecular flexibility index (Phi) is 2.92. The number of hydrogen-bond acceptors (Lipinski definition) is 2. The fourth-order valence-electron chi connectivity index (χ4n) is 2.02. The second-order valence-electron chi connectivity index (χ2n) is 4.07. The van der Waals surface area contributed by atoms with E-state index in [1.165, 1.54) is 11.0 Å². The molecule has 0 aromatic heterocycles. The van der Waals surface area contributed by atoms with Crippen molar-refractivity contribution in [3.63, 3.8) is 0 Å². The van der Waals surface area contributed by atoms with Crippen LogP contribution in [0.1, 0.15) is 12.0 Å². The van der Waals surface area contributed by atoms with Gasteiger partial charge in [-0.3, -0.25) is 4.79 Å². The Morgan fingerprint density at radius 2 is 2.25 bits per heavy atom. The summed E-state index contributed by atoms with van der Waals surface area (Å²) in [6.07, 6.45) is 0.725. The van der Waals surface area contributed by atoms with Gasteiger partial charge in [-0.15, -0.1) is 0 Å². The molecule has 1 atom stereocenters. The standard InChI is InChI=1S/C12H15FN2O/c1-8-3-4-11(9(13)7-8)15-6-5-10(14-2)12(15)16/h3-4,7,10,14H,5-6H2,1-2H3. The van der Waals surface area contributed by atoms with Crippen LogP contribution in [-0.2, 0) is 4.79 Å². The van der Waals surface area contributed by atoms with Gasteiger partial charge in [0.2, 0.25) is 5.91 Å². The molecule has 4 heteroatoms. The molecular weight excluding hydrogens is 207 g/mol. The monoisotopic (exact) mass is 222 g/mol. The van der Waals surface area contributed by atoms with Crippen LogP contribution < -0.4 is 10.2 Å². The predicted octanol–water partition coefficient (Wildman–Crippen LogP) is 1.46. The molecule has 0 aliphatic carbocycles. The third-order valence-corrected chi connectivity index (χ3v) is 2.95. The molecular formula is C12H15FN2O. The zero-order valence-corrected chi connectivity index (χ0v) is 9.46. The summed E-state index contributed by atoms with van der Waals surface area (Å²) in [6.45, 7) is 2.40. The highest BCUT2D eigenvalue weighted by Gasteiger charge is 2.32. The quantitative estimate of drug-likeness (QED) is 0.821. The highest BCUT2D eigenvalue weighted by Crippen LogP contribution is 2.25. The van der Waals surface area contributed by atoms with Gasteiger partial charge < -0.3 is 10.2 Å². The smallest absolute Gasteiger partial charge is 0.244 e. The van der Waals surface area contributed by atoms with Gasteiger partial charge >= 0.3 is 0 Å². The Labute approximate surface area is 94.3 Å². The zero-order chi connectivity index (χ0) is 11.7. The molecule has 3 nitrogen and oxygen atoms in total. The number of amides is 1. The first-order chi connectivity index (χ1) is 7.63. The molecule has 1 heterocycles. The molecule has 1 saturated heterocycles. The fourth-order valence-corrected chi connectivity index (χ4v) is 2.02. The summed E-state index contributed by atoms with van der Waals surface area (Å²) in [7, 11) is 1.75. The van der Waals surface area contributed by atoms with E-state index in [4.69, 9.17) is 0 Å². The normalized spacial score (nSPS) is 20.6. The van der Waals surface area contributed by atoms with E-state index >= 15 is 0 Å². The molecule has 0 saturated carbocycles. The number of rotatable bonds is 2. The van der Waals surface area contributed by atoms with E-state index in [2.05, 4.69) is 5.32 Å². The van der Waals surface area contributed by atoms with Crippen molar-refractivity contribution in [2.75, 3.05) is 18.5 Å². The molecule has 1 aliphatic heterocycles.